The van der Waals surface area contributed by atoms with E-state index in [1.54, 1.807) is 0 Å². The quantitative estimate of drug-likeness (QED) is 0.220. The van der Waals surface area contributed by atoms with Gasteiger partial charge in [-0.25, -0.2) is 0 Å². The fraction of sp³-hybridized carbons (Fsp3) is 0.778. The summed E-state index contributed by atoms with van der Waals surface area (Å²) >= 11 is 0. The second kappa shape index (κ2) is 11.1. The molecule has 0 N–H and O–H groups in total. The molecule has 1 nitrogen and oxygen atoms in total. The van der Waals surface area contributed by atoms with Crippen molar-refractivity contribution in [3.8, 4) is 0 Å². The van der Waals surface area contributed by atoms with Crippen molar-refractivity contribution in [2.75, 3.05) is 0 Å². The van der Waals surface area contributed by atoms with E-state index in [4.69, 9.17) is 4.74 Å². The molecule has 0 aromatic carbocycles. The summed E-state index contributed by atoms with van der Waals surface area (Å²) < 4.78 is 5.50. The lowest BCUT2D eigenvalue weighted by Crippen LogP contribution is -1.86. The highest BCUT2D eigenvalue weighted by molar-refractivity contribution is 5.12. The summed E-state index contributed by atoms with van der Waals surface area (Å²) in [5.41, 5.74) is 0. The maximum Gasteiger partial charge on any atom is 0.155 e. The fourth-order valence-electron chi connectivity index (χ4n) is 2.57. The van der Waals surface area contributed by atoms with Crippen LogP contribution in [-0.4, -0.2) is 6.10 Å². The topological polar surface area (TPSA) is 12.5 Å². The molecule has 1 fully saturated rings. The third-order valence-corrected chi connectivity index (χ3v) is 3.82. The third kappa shape index (κ3) is 8.91. The Morgan fingerprint density at radius 3 is 2.11 bits per heavy atom. The van der Waals surface area contributed by atoms with Crippen molar-refractivity contribution in [2.45, 2.75) is 90.1 Å². The van der Waals surface area contributed by atoms with E-state index in [0.717, 1.165) is 6.42 Å². The van der Waals surface area contributed by atoms with Gasteiger partial charge in [0, 0.05) is 0 Å². The van der Waals surface area contributed by atoms with E-state index in [1.807, 2.05) is 6.08 Å². The van der Waals surface area contributed by atoms with Gasteiger partial charge in [-0.2, -0.15) is 0 Å². The highest BCUT2D eigenvalue weighted by atomic mass is 16.6. The summed E-state index contributed by atoms with van der Waals surface area (Å²) in [6.07, 6.45) is 20.8. The van der Waals surface area contributed by atoms with Crippen LogP contribution in [-0.2, 0) is 4.74 Å². The number of epoxide rings is 1. The Labute approximate surface area is 120 Å². The first-order valence-electron chi connectivity index (χ1n) is 8.36. The van der Waals surface area contributed by atoms with Crippen LogP contribution in [0.15, 0.2) is 24.5 Å². The van der Waals surface area contributed by atoms with Crippen LogP contribution in [0.5, 0.6) is 0 Å². The van der Waals surface area contributed by atoms with E-state index in [9.17, 15) is 0 Å². The van der Waals surface area contributed by atoms with Crippen molar-refractivity contribution in [1.82, 2.24) is 0 Å². The minimum Gasteiger partial charge on any atom is -0.483 e. The Morgan fingerprint density at radius 1 is 0.947 bits per heavy atom. The Balaban J connectivity index is 1.72. The van der Waals surface area contributed by atoms with Crippen molar-refractivity contribution in [3.63, 3.8) is 0 Å². The van der Waals surface area contributed by atoms with Gasteiger partial charge in [-0.05, 0) is 38.2 Å². The van der Waals surface area contributed by atoms with Crippen LogP contribution in [0.1, 0.15) is 84.0 Å². The summed E-state index contributed by atoms with van der Waals surface area (Å²) in [6.45, 7) is 5.93. The number of ether oxygens (including phenoxy) is 1. The van der Waals surface area contributed by atoms with E-state index in [1.165, 1.54) is 76.4 Å². The molecule has 1 heteroatoms. The SMILES string of the molecule is C=CCCCCCCCCCCCC1OC1=CCC. The Morgan fingerprint density at radius 2 is 1.53 bits per heavy atom. The van der Waals surface area contributed by atoms with Gasteiger partial charge in [-0.3, -0.25) is 0 Å². The highest BCUT2D eigenvalue weighted by Gasteiger charge is 2.30. The molecule has 0 saturated carbocycles. The number of rotatable bonds is 13. The maximum absolute atomic E-state index is 5.50. The number of allylic oxidation sites excluding steroid dienone is 2. The van der Waals surface area contributed by atoms with Crippen LogP contribution in [0.25, 0.3) is 0 Å². The molecule has 19 heavy (non-hydrogen) atoms. The molecule has 0 bridgehead atoms. The lowest BCUT2D eigenvalue weighted by Gasteiger charge is -2.01. The van der Waals surface area contributed by atoms with E-state index >= 15 is 0 Å². The molecule has 1 heterocycles. The van der Waals surface area contributed by atoms with Crippen molar-refractivity contribution in [1.29, 1.82) is 0 Å². The van der Waals surface area contributed by atoms with Crippen LogP contribution in [0.4, 0.5) is 0 Å². The van der Waals surface area contributed by atoms with Gasteiger partial charge < -0.3 is 4.74 Å². The van der Waals surface area contributed by atoms with E-state index in [2.05, 4.69) is 19.6 Å². The minimum absolute atomic E-state index is 0.491. The zero-order valence-corrected chi connectivity index (χ0v) is 12.8. The van der Waals surface area contributed by atoms with Gasteiger partial charge in [-0.15, -0.1) is 6.58 Å². The highest BCUT2D eigenvalue weighted by Crippen LogP contribution is 2.31. The summed E-state index contributed by atoms with van der Waals surface area (Å²) in [6, 6.07) is 0. The van der Waals surface area contributed by atoms with Crippen molar-refractivity contribution < 1.29 is 4.74 Å². The first-order valence-corrected chi connectivity index (χ1v) is 8.36. The Hall–Kier alpha value is -0.720. The molecule has 0 radical (unpaired) electrons. The summed E-state index contributed by atoms with van der Waals surface area (Å²) in [5.74, 6) is 1.25. The van der Waals surface area contributed by atoms with Crippen LogP contribution in [0, 0.1) is 0 Å². The lowest BCUT2D eigenvalue weighted by molar-refractivity contribution is 0.400. The smallest absolute Gasteiger partial charge is 0.155 e. The molecular formula is C18H32O. The third-order valence-electron chi connectivity index (χ3n) is 3.82. The molecular weight excluding hydrogens is 232 g/mol. The standard InChI is InChI=1S/C18H32O/c1-3-5-6-7-8-9-10-11-12-13-14-16-18-17(19-18)15-4-2/h3,15,18H,1,4-14,16H2,2H3. The average Bonchev–Trinajstić information content (AvgIpc) is 3.15. The Kier molecular flexibility index (Phi) is 9.57. The molecule has 1 aliphatic rings. The molecule has 110 valence electrons. The van der Waals surface area contributed by atoms with Gasteiger partial charge >= 0.3 is 0 Å². The number of hydrogen-bond donors (Lipinski definition) is 0. The van der Waals surface area contributed by atoms with Crippen molar-refractivity contribution in [2.24, 2.45) is 0 Å². The zero-order valence-electron chi connectivity index (χ0n) is 12.8. The monoisotopic (exact) mass is 264 g/mol. The molecule has 1 unspecified atom stereocenters. The molecule has 0 aliphatic carbocycles. The largest absolute Gasteiger partial charge is 0.483 e. The van der Waals surface area contributed by atoms with Crippen LogP contribution >= 0.6 is 0 Å². The Bertz CT molecular complexity index is 254. The zero-order chi connectivity index (χ0) is 13.8. The van der Waals surface area contributed by atoms with Crippen molar-refractivity contribution >= 4 is 0 Å². The molecule has 1 atom stereocenters. The molecule has 1 saturated heterocycles. The van der Waals surface area contributed by atoms with Gasteiger partial charge in [0.1, 0.15) is 5.76 Å². The van der Waals surface area contributed by atoms with Gasteiger partial charge in [-0.1, -0.05) is 57.9 Å². The number of unbranched alkanes of at least 4 members (excludes halogenated alkanes) is 9. The molecule has 0 spiro atoms. The molecule has 1 aliphatic heterocycles. The van der Waals surface area contributed by atoms with E-state index < -0.39 is 0 Å². The van der Waals surface area contributed by atoms with Crippen LogP contribution < -0.4 is 0 Å². The van der Waals surface area contributed by atoms with E-state index in [0.29, 0.717) is 6.10 Å². The minimum atomic E-state index is 0.491. The molecule has 0 aromatic heterocycles. The second-order valence-corrected chi connectivity index (χ2v) is 5.67. The van der Waals surface area contributed by atoms with Gasteiger partial charge in [0.05, 0.1) is 0 Å². The molecule has 1 rings (SSSR count). The predicted octanol–water partition coefficient (Wildman–Crippen LogP) is 6.16. The molecule has 0 amide bonds. The molecule has 0 aromatic rings. The predicted molar refractivity (Wildman–Crippen MR) is 84.2 cm³/mol. The normalized spacial score (nSPS) is 19.4. The number of hydrogen-bond acceptors (Lipinski definition) is 1. The van der Waals surface area contributed by atoms with Gasteiger partial charge in [0.25, 0.3) is 0 Å². The maximum atomic E-state index is 5.50. The van der Waals surface area contributed by atoms with Gasteiger partial charge in [0.15, 0.2) is 6.10 Å². The average molecular weight is 264 g/mol. The van der Waals surface area contributed by atoms with Gasteiger partial charge in [0.2, 0.25) is 0 Å². The van der Waals surface area contributed by atoms with Crippen LogP contribution in [0.2, 0.25) is 0 Å². The first-order chi connectivity index (χ1) is 9.38. The van der Waals surface area contributed by atoms with E-state index in [-0.39, 0.29) is 0 Å². The first kappa shape index (κ1) is 16.3. The second-order valence-electron chi connectivity index (χ2n) is 5.67. The summed E-state index contributed by atoms with van der Waals surface area (Å²) in [7, 11) is 0. The summed E-state index contributed by atoms with van der Waals surface area (Å²) in [4.78, 5) is 0. The lowest BCUT2D eigenvalue weighted by atomic mass is 10.0. The van der Waals surface area contributed by atoms with Crippen molar-refractivity contribution in [3.05, 3.63) is 24.5 Å². The summed E-state index contributed by atoms with van der Waals surface area (Å²) in [5, 5.41) is 0. The fourth-order valence-corrected chi connectivity index (χ4v) is 2.57. The van der Waals surface area contributed by atoms with Crippen LogP contribution in [0.3, 0.4) is 0 Å².